The van der Waals surface area contributed by atoms with Gasteiger partial charge in [0, 0.05) is 16.4 Å². The number of hydrogen-bond acceptors (Lipinski definition) is 4. The predicted molar refractivity (Wildman–Crippen MR) is 82.8 cm³/mol. The van der Waals surface area contributed by atoms with E-state index in [1.165, 1.54) is 10.9 Å². The summed E-state index contributed by atoms with van der Waals surface area (Å²) in [6, 6.07) is 10.4. The van der Waals surface area contributed by atoms with Gasteiger partial charge in [-0.3, -0.25) is 4.79 Å². The van der Waals surface area contributed by atoms with Gasteiger partial charge in [0.25, 0.3) is 5.91 Å². The van der Waals surface area contributed by atoms with Gasteiger partial charge in [0.05, 0.1) is 5.56 Å². The summed E-state index contributed by atoms with van der Waals surface area (Å²) in [5, 5.41) is 5.14. The van der Waals surface area contributed by atoms with Crippen molar-refractivity contribution in [2.45, 2.75) is 6.42 Å². The largest absolute Gasteiger partial charge is 0.452 e. The lowest BCUT2D eigenvalue weighted by Crippen LogP contribution is -2.30. The summed E-state index contributed by atoms with van der Waals surface area (Å²) < 4.78 is 4.93. The zero-order valence-electron chi connectivity index (χ0n) is 11.2. The maximum absolute atomic E-state index is 11.7. The van der Waals surface area contributed by atoms with Crippen molar-refractivity contribution in [3.63, 3.8) is 0 Å². The van der Waals surface area contributed by atoms with Crippen molar-refractivity contribution in [2.24, 2.45) is 0 Å². The van der Waals surface area contributed by atoms with E-state index in [0.717, 1.165) is 6.42 Å². The molecule has 0 unspecified atom stereocenters. The molecule has 1 aromatic heterocycles. The molecule has 0 bridgehead atoms. The van der Waals surface area contributed by atoms with Crippen molar-refractivity contribution >= 4 is 34.8 Å². The first-order chi connectivity index (χ1) is 10.1. The van der Waals surface area contributed by atoms with E-state index < -0.39 is 5.97 Å². The summed E-state index contributed by atoms with van der Waals surface area (Å²) in [6.45, 7) is 0.226. The topological polar surface area (TPSA) is 55.4 Å². The number of benzene rings is 1. The van der Waals surface area contributed by atoms with Crippen LogP contribution in [0.15, 0.2) is 41.8 Å². The third kappa shape index (κ3) is 5.21. The van der Waals surface area contributed by atoms with Crippen LogP contribution >= 0.6 is 22.9 Å². The molecular weight excluding hydrogens is 310 g/mol. The molecule has 1 N–H and O–H groups in total. The summed E-state index contributed by atoms with van der Waals surface area (Å²) >= 11 is 7.43. The number of carbonyl (C=O) groups is 2. The Hall–Kier alpha value is -1.85. The number of ether oxygens (including phenoxy) is 1. The fourth-order valence-electron chi connectivity index (χ4n) is 1.66. The number of esters is 1. The third-order valence-corrected chi connectivity index (χ3v) is 3.84. The van der Waals surface area contributed by atoms with Gasteiger partial charge >= 0.3 is 5.97 Å². The van der Waals surface area contributed by atoms with Gasteiger partial charge in [0.2, 0.25) is 0 Å². The molecule has 0 aliphatic rings. The van der Waals surface area contributed by atoms with Crippen molar-refractivity contribution in [3.8, 4) is 0 Å². The Kier molecular flexibility index (Phi) is 5.78. The third-order valence-electron chi connectivity index (χ3n) is 2.67. The van der Waals surface area contributed by atoms with E-state index in [2.05, 4.69) is 5.32 Å². The molecule has 1 heterocycles. The normalized spacial score (nSPS) is 10.1. The van der Waals surface area contributed by atoms with Crippen LogP contribution in [0, 0.1) is 0 Å². The van der Waals surface area contributed by atoms with Crippen LogP contribution in [0.3, 0.4) is 0 Å². The lowest BCUT2D eigenvalue weighted by molar-refractivity contribution is -0.124. The van der Waals surface area contributed by atoms with E-state index in [-0.39, 0.29) is 12.5 Å². The van der Waals surface area contributed by atoms with Crippen LogP contribution in [-0.4, -0.2) is 25.0 Å². The van der Waals surface area contributed by atoms with Crippen LogP contribution < -0.4 is 5.32 Å². The van der Waals surface area contributed by atoms with Crippen molar-refractivity contribution in [1.82, 2.24) is 5.32 Å². The van der Waals surface area contributed by atoms with Crippen LogP contribution in [0.1, 0.15) is 15.2 Å². The molecule has 1 aromatic carbocycles. The van der Waals surface area contributed by atoms with Gasteiger partial charge in [-0.05, 0) is 36.1 Å². The molecule has 0 radical (unpaired) electrons. The molecule has 6 heteroatoms. The van der Waals surface area contributed by atoms with Gasteiger partial charge in [-0.1, -0.05) is 23.7 Å². The standard InChI is InChI=1S/C15H14ClNO3S/c16-12-4-1-3-11(9-12)15(19)20-10-14(18)17-7-6-13-5-2-8-21-13/h1-5,8-9H,6-7,10H2,(H,17,18). The number of hydrogen-bond donors (Lipinski definition) is 1. The highest BCUT2D eigenvalue weighted by atomic mass is 35.5. The molecule has 0 saturated heterocycles. The summed E-state index contributed by atoms with van der Waals surface area (Å²) in [6.07, 6.45) is 0.769. The quantitative estimate of drug-likeness (QED) is 0.832. The maximum atomic E-state index is 11.7. The number of nitrogens with one attached hydrogen (secondary N) is 1. The summed E-state index contributed by atoms with van der Waals surface area (Å²) in [7, 11) is 0. The van der Waals surface area contributed by atoms with E-state index in [0.29, 0.717) is 17.1 Å². The van der Waals surface area contributed by atoms with Crippen molar-refractivity contribution < 1.29 is 14.3 Å². The zero-order chi connectivity index (χ0) is 15.1. The molecule has 0 spiro atoms. The lowest BCUT2D eigenvalue weighted by atomic mass is 10.2. The Morgan fingerprint density at radius 2 is 2.10 bits per heavy atom. The maximum Gasteiger partial charge on any atom is 0.338 e. The minimum atomic E-state index is -0.564. The fourth-order valence-corrected chi connectivity index (χ4v) is 2.56. The number of carbonyl (C=O) groups excluding carboxylic acids is 2. The first kappa shape index (κ1) is 15.5. The molecule has 0 aliphatic heterocycles. The summed E-state index contributed by atoms with van der Waals surface area (Å²) in [5.74, 6) is -0.882. The number of thiophene rings is 1. The van der Waals surface area contributed by atoms with E-state index in [9.17, 15) is 9.59 Å². The minimum absolute atomic E-state index is 0.296. The van der Waals surface area contributed by atoms with Gasteiger partial charge in [-0.15, -0.1) is 11.3 Å². The van der Waals surface area contributed by atoms with Gasteiger partial charge in [-0.25, -0.2) is 4.79 Å². The molecule has 1 amide bonds. The second-order valence-electron chi connectivity index (χ2n) is 4.27. The molecule has 0 saturated carbocycles. The Morgan fingerprint density at radius 3 is 2.81 bits per heavy atom. The first-order valence-corrected chi connectivity index (χ1v) is 7.62. The average Bonchev–Trinajstić information content (AvgIpc) is 2.98. The van der Waals surface area contributed by atoms with Gasteiger partial charge in [-0.2, -0.15) is 0 Å². The molecule has 0 fully saturated rings. The van der Waals surface area contributed by atoms with Crippen LogP contribution in [-0.2, 0) is 16.0 Å². The second kappa shape index (κ2) is 7.81. The predicted octanol–water partition coefficient (Wildman–Crippen LogP) is 2.92. The fraction of sp³-hybridized carbons (Fsp3) is 0.200. The van der Waals surface area contributed by atoms with Gasteiger partial charge in [0.15, 0.2) is 6.61 Å². The average molecular weight is 324 g/mol. The molecule has 2 rings (SSSR count). The van der Waals surface area contributed by atoms with Crippen molar-refractivity contribution in [3.05, 3.63) is 57.2 Å². The summed E-state index contributed by atoms with van der Waals surface area (Å²) in [4.78, 5) is 24.5. The number of halogens is 1. The van der Waals surface area contributed by atoms with Crippen LogP contribution in [0.25, 0.3) is 0 Å². The highest BCUT2D eigenvalue weighted by molar-refractivity contribution is 7.09. The SMILES string of the molecule is O=C(COC(=O)c1cccc(Cl)c1)NCCc1cccs1. The highest BCUT2D eigenvalue weighted by Gasteiger charge is 2.10. The molecular formula is C15H14ClNO3S. The Labute approximate surface area is 131 Å². The minimum Gasteiger partial charge on any atom is -0.452 e. The number of rotatable bonds is 6. The molecule has 110 valence electrons. The number of amides is 1. The molecule has 0 aliphatic carbocycles. The van der Waals surface area contributed by atoms with Crippen molar-refractivity contribution in [2.75, 3.05) is 13.2 Å². The Bertz CT molecular complexity index is 613. The zero-order valence-corrected chi connectivity index (χ0v) is 12.7. The molecule has 2 aromatic rings. The molecule has 0 atom stereocenters. The van der Waals surface area contributed by atoms with Gasteiger partial charge in [0.1, 0.15) is 0 Å². The van der Waals surface area contributed by atoms with E-state index in [1.807, 2.05) is 17.5 Å². The monoisotopic (exact) mass is 323 g/mol. The smallest absolute Gasteiger partial charge is 0.338 e. The highest BCUT2D eigenvalue weighted by Crippen LogP contribution is 2.11. The Balaban J connectivity index is 1.70. The van der Waals surface area contributed by atoms with Crippen molar-refractivity contribution in [1.29, 1.82) is 0 Å². The van der Waals surface area contributed by atoms with Crippen LogP contribution in [0.4, 0.5) is 0 Å². The van der Waals surface area contributed by atoms with E-state index in [4.69, 9.17) is 16.3 Å². The van der Waals surface area contributed by atoms with E-state index >= 15 is 0 Å². The molecule has 4 nitrogen and oxygen atoms in total. The van der Waals surface area contributed by atoms with E-state index in [1.54, 1.807) is 29.5 Å². The lowest BCUT2D eigenvalue weighted by Gasteiger charge is -2.06. The second-order valence-corrected chi connectivity index (χ2v) is 5.73. The first-order valence-electron chi connectivity index (χ1n) is 6.37. The van der Waals surface area contributed by atoms with Crippen LogP contribution in [0.5, 0.6) is 0 Å². The van der Waals surface area contributed by atoms with Gasteiger partial charge < -0.3 is 10.1 Å². The summed E-state index contributed by atoms with van der Waals surface area (Å²) in [5.41, 5.74) is 0.328. The Morgan fingerprint density at radius 1 is 1.24 bits per heavy atom. The molecule has 21 heavy (non-hydrogen) atoms. The van der Waals surface area contributed by atoms with Crippen LogP contribution in [0.2, 0.25) is 5.02 Å².